The molecule has 0 aliphatic rings. The highest BCUT2D eigenvalue weighted by Gasteiger charge is 2.12. The number of benzene rings is 2. The maximum absolute atomic E-state index is 5.90. The second-order valence-electron chi connectivity index (χ2n) is 6.72. The number of rotatable bonds is 6. The highest BCUT2D eigenvalue weighted by molar-refractivity contribution is 5.84. The normalized spacial score (nSPS) is 11.4. The average molecular weight is 366 g/mol. The van der Waals surface area contributed by atoms with E-state index in [2.05, 4.69) is 10.3 Å². The van der Waals surface area contributed by atoms with Crippen molar-refractivity contribution in [2.75, 3.05) is 13.2 Å². The fourth-order valence-electron chi connectivity index (χ4n) is 3.21. The monoisotopic (exact) mass is 366 g/mol. The number of fused-ring (bicyclic) bond motifs is 2. The first-order valence-corrected chi connectivity index (χ1v) is 9.03. The summed E-state index contributed by atoms with van der Waals surface area (Å²) in [6.45, 7) is 8.95. The van der Waals surface area contributed by atoms with Crippen LogP contribution in [0.5, 0.6) is 11.5 Å². The van der Waals surface area contributed by atoms with Gasteiger partial charge in [-0.1, -0.05) is 10.3 Å². The smallest absolute Gasteiger partial charge is 0.173 e. The molecule has 140 valence electrons. The van der Waals surface area contributed by atoms with Gasteiger partial charge in [0, 0.05) is 28.3 Å². The molecule has 6 nitrogen and oxygen atoms in total. The lowest BCUT2D eigenvalue weighted by Gasteiger charge is -2.11. The summed E-state index contributed by atoms with van der Waals surface area (Å²) in [6, 6.07) is 7.90. The molecule has 0 atom stereocenters. The Hall–Kier alpha value is -3.02. The Morgan fingerprint density at radius 3 is 1.59 bits per heavy atom. The van der Waals surface area contributed by atoms with Gasteiger partial charge in [0.05, 0.1) is 24.6 Å². The van der Waals surface area contributed by atoms with Crippen molar-refractivity contribution in [3.8, 4) is 11.5 Å². The SMILES string of the molecule is Cc1noc2c(C)c(OCCCOc3ccc4c(C)noc4c3C)ccc12. The third-order valence-electron chi connectivity index (χ3n) is 4.84. The van der Waals surface area contributed by atoms with Crippen molar-refractivity contribution in [2.24, 2.45) is 0 Å². The Labute approximate surface area is 157 Å². The van der Waals surface area contributed by atoms with Crippen LogP contribution in [0.2, 0.25) is 0 Å². The van der Waals surface area contributed by atoms with Crippen LogP contribution in [0, 0.1) is 27.7 Å². The fraction of sp³-hybridized carbons (Fsp3) is 0.333. The van der Waals surface area contributed by atoms with E-state index < -0.39 is 0 Å². The number of aryl methyl sites for hydroxylation is 4. The molecule has 0 unspecified atom stereocenters. The van der Waals surface area contributed by atoms with Gasteiger partial charge < -0.3 is 18.5 Å². The lowest BCUT2D eigenvalue weighted by molar-refractivity contribution is 0.245. The van der Waals surface area contributed by atoms with E-state index in [4.69, 9.17) is 18.5 Å². The van der Waals surface area contributed by atoms with Gasteiger partial charge in [0.25, 0.3) is 0 Å². The van der Waals surface area contributed by atoms with Gasteiger partial charge >= 0.3 is 0 Å². The third-order valence-corrected chi connectivity index (χ3v) is 4.84. The number of nitrogens with zero attached hydrogens (tertiary/aromatic N) is 2. The minimum Gasteiger partial charge on any atom is -0.493 e. The molecule has 0 spiro atoms. The third kappa shape index (κ3) is 3.12. The molecule has 6 heteroatoms. The second-order valence-corrected chi connectivity index (χ2v) is 6.72. The molecule has 0 N–H and O–H groups in total. The molecular weight excluding hydrogens is 344 g/mol. The van der Waals surface area contributed by atoms with E-state index in [-0.39, 0.29) is 0 Å². The van der Waals surface area contributed by atoms with E-state index in [1.807, 2.05) is 52.0 Å². The van der Waals surface area contributed by atoms with Crippen LogP contribution in [0.15, 0.2) is 33.3 Å². The van der Waals surface area contributed by atoms with E-state index >= 15 is 0 Å². The number of aromatic nitrogens is 2. The van der Waals surface area contributed by atoms with Crippen LogP contribution in [0.3, 0.4) is 0 Å². The van der Waals surface area contributed by atoms with Crippen LogP contribution >= 0.6 is 0 Å². The van der Waals surface area contributed by atoms with E-state index in [1.165, 1.54) is 0 Å². The Morgan fingerprint density at radius 2 is 1.15 bits per heavy atom. The maximum Gasteiger partial charge on any atom is 0.173 e. The summed E-state index contributed by atoms with van der Waals surface area (Å²) in [4.78, 5) is 0. The molecule has 27 heavy (non-hydrogen) atoms. The van der Waals surface area contributed by atoms with Gasteiger partial charge in [-0.15, -0.1) is 0 Å². The quantitative estimate of drug-likeness (QED) is 0.445. The van der Waals surface area contributed by atoms with E-state index in [1.54, 1.807) is 0 Å². The molecule has 2 aromatic carbocycles. The Bertz CT molecular complexity index is 1020. The minimum atomic E-state index is 0.558. The molecule has 0 saturated carbocycles. The highest BCUT2D eigenvalue weighted by atomic mass is 16.5. The lowest BCUT2D eigenvalue weighted by Crippen LogP contribution is -2.06. The van der Waals surface area contributed by atoms with Crippen molar-refractivity contribution in [1.82, 2.24) is 10.3 Å². The van der Waals surface area contributed by atoms with E-state index in [0.29, 0.717) is 13.2 Å². The van der Waals surface area contributed by atoms with Crippen molar-refractivity contribution in [3.63, 3.8) is 0 Å². The first-order valence-electron chi connectivity index (χ1n) is 9.03. The van der Waals surface area contributed by atoms with E-state index in [9.17, 15) is 0 Å². The fourth-order valence-corrected chi connectivity index (χ4v) is 3.21. The van der Waals surface area contributed by atoms with Gasteiger partial charge in [-0.2, -0.15) is 0 Å². The Balaban J connectivity index is 1.34. The average Bonchev–Trinajstić information content (AvgIpc) is 3.22. The van der Waals surface area contributed by atoms with E-state index in [0.717, 1.165) is 62.4 Å². The van der Waals surface area contributed by atoms with Crippen LogP contribution in [-0.4, -0.2) is 23.5 Å². The summed E-state index contributed by atoms with van der Waals surface area (Å²) in [5.41, 5.74) is 5.29. The molecule has 0 aliphatic heterocycles. The van der Waals surface area contributed by atoms with Crippen LogP contribution in [0.1, 0.15) is 28.9 Å². The maximum atomic E-state index is 5.90. The zero-order valence-electron chi connectivity index (χ0n) is 16.0. The molecule has 0 amide bonds. The molecule has 4 aromatic rings. The van der Waals surface area contributed by atoms with Crippen molar-refractivity contribution >= 4 is 21.9 Å². The molecule has 0 aliphatic carbocycles. The summed E-state index contributed by atoms with van der Waals surface area (Å²) in [6.07, 6.45) is 0.764. The first-order chi connectivity index (χ1) is 13.1. The molecule has 2 heterocycles. The van der Waals surface area contributed by atoms with Crippen molar-refractivity contribution < 1.29 is 18.5 Å². The van der Waals surface area contributed by atoms with Gasteiger partial charge in [-0.25, -0.2) is 0 Å². The zero-order valence-corrected chi connectivity index (χ0v) is 16.0. The van der Waals surface area contributed by atoms with Crippen LogP contribution < -0.4 is 9.47 Å². The van der Waals surface area contributed by atoms with Gasteiger partial charge in [0.15, 0.2) is 11.2 Å². The van der Waals surface area contributed by atoms with Gasteiger partial charge in [-0.05, 0) is 52.0 Å². The van der Waals surface area contributed by atoms with Crippen LogP contribution in [0.4, 0.5) is 0 Å². The van der Waals surface area contributed by atoms with Crippen molar-refractivity contribution in [2.45, 2.75) is 34.1 Å². The van der Waals surface area contributed by atoms with Crippen molar-refractivity contribution in [3.05, 3.63) is 46.8 Å². The predicted octanol–water partition coefficient (Wildman–Crippen LogP) is 5.05. The number of ether oxygens (including phenoxy) is 2. The summed E-state index contributed by atoms with van der Waals surface area (Å²) in [7, 11) is 0. The standard InChI is InChI=1S/C21H22N2O4/c1-12-18(8-6-16-14(3)22-26-20(12)16)24-10-5-11-25-19-9-7-17-15(4)23-27-21(17)13(19)2/h6-9H,5,10-11H2,1-4H3. The zero-order chi connectivity index (χ0) is 19.0. The Morgan fingerprint density at radius 1 is 0.704 bits per heavy atom. The Kier molecular flexibility index (Phi) is 4.48. The minimum absolute atomic E-state index is 0.558. The second kappa shape index (κ2) is 6.95. The molecule has 0 saturated heterocycles. The summed E-state index contributed by atoms with van der Waals surface area (Å²) < 4.78 is 22.6. The van der Waals surface area contributed by atoms with Crippen LogP contribution in [-0.2, 0) is 0 Å². The van der Waals surface area contributed by atoms with Gasteiger partial charge in [-0.3, -0.25) is 0 Å². The lowest BCUT2D eigenvalue weighted by atomic mass is 10.1. The summed E-state index contributed by atoms with van der Waals surface area (Å²) in [5, 5.41) is 10.1. The van der Waals surface area contributed by atoms with Gasteiger partial charge in [0.1, 0.15) is 11.5 Å². The predicted molar refractivity (Wildman–Crippen MR) is 103 cm³/mol. The van der Waals surface area contributed by atoms with Crippen molar-refractivity contribution in [1.29, 1.82) is 0 Å². The first kappa shape index (κ1) is 17.4. The molecule has 0 fully saturated rings. The number of hydrogen-bond acceptors (Lipinski definition) is 6. The molecule has 0 bridgehead atoms. The molecule has 2 aromatic heterocycles. The molecule has 0 radical (unpaired) electrons. The van der Waals surface area contributed by atoms with Crippen LogP contribution in [0.25, 0.3) is 21.9 Å². The largest absolute Gasteiger partial charge is 0.493 e. The summed E-state index contributed by atoms with van der Waals surface area (Å²) in [5.74, 6) is 1.63. The summed E-state index contributed by atoms with van der Waals surface area (Å²) >= 11 is 0. The molecule has 4 rings (SSSR count). The number of hydrogen-bond donors (Lipinski definition) is 0. The van der Waals surface area contributed by atoms with Gasteiger partial charge in [0.2, 0.25) is 0 Å². The molecular formula is C21H22N2O4. The highest BCUT2D eigenvalue weighted by Crippen LogP contribution is 2.30. The topological polar surface area (TPSA) is 70.5 Å².